The molecular formula is C19H19NO4S. The SMILES string of the molecule is C/C(O)=C1/C(=O)N(S(=O)(=O)c2ccc(C)cc2)C[C@@H]1c1ccccc1. The molecule has 1 aliphatic heterocycles. The Bertz CT molecular complexity index is 927. The molecule has 1 atom stereocenters. The molecule has 2 aromatic carbocycles. The van der Waals surface area contributed by atoms with Gasteiger partial charge in [0, 0.05) is 12.5 Å². The van der Waals surface area contributed by atoms with E-state index in [4.69, 9.17) is 0 Å². The molecule has 6 heteroatoms. The molecule has 1 N–H and O–H groups in total. The predicted octanol–water partition coefficient (Wildman–Crippen LogP) is 3.14. The van der Waals surface area contributed by atoms with Crippen molar-refractivity contribution in [2.75, 3.05) is 6.54 Å². The number of amides is 1. The average molecular weight is 357 g/mol. The van der Waals surface area contributed by atoms with Gasteiger partial charge in [-0.15, -0.1) is 0 Å². The molecule has 1 amide bonds. The van der Waals surface area contributed by atoms with Crippen LogP contribution in [0.2, 0.25) is 0 Å². The second-order valence-electron chi connectivity index (χ2n) is 6.12. The molecule has 1 heterocycles. The van der Waals surface area contributed by atoms with Crippen molar-refractivity contribution in [1.29, 1.82) is 0 Å². The molecule has 0 spiro atoms. The minimum Gasteiger partial charge on any atom is -0.512 e. The molecule has 2 aromatic rings. The van der Waals surface area contributed by atoms with Crippen LogP contribution in [0.1, 0.15) is 24.0 Å². The fourth-order valence-electron chi connectivity index (χ4n) is 3.03. The number of hydrogen-bond donors (Lipinski definition) is 1. The highest BCUT2D eigenvalue weighted by Crippen LogP contribution is 2.37. The zero-order valence-corrected chi connectivity index (χ0v) is 14.8. The Balaban J connectivity index is 2.05. The number of allylic oxidation sites excluding steroid dienone is 1. The van der Waals surface area contributed by atoms with Gasteiger partial charge in [-0.25, -0.2) is 12.7 Å². The maximum Gasteiger partial charge on any atom is 0.267 e. The molecule has 5 nitrogen and oxygen atoms in total. The molecule has 25 heavy (non-hydrogen) atoms. The van der Waals surface area contributed by atoms with E-state index in [0.717, 1.165) is 15.4 Å². The van der Waals surface area contributed by atoms with Gasteiger partial charge in [0.05, 0.1) is 16.2 Å². The van der Waals surface area contributed by atoms with Crippen LogP contribution in [0.15, 0.2) is 70.8 Å². The number of hydrogen-bond acceptors (Lipinski definition) is 4. The van der Waals surface area contributed by atoms with E-state index in [0.29, 0.717) is 0 Å². The first-order chi connectivity index (χ1) is 11.8. The monoisotopic (exact) mass is 357 g/mol. The van der Waals surface area contributed by atoms with Gasteiger partial charge in [0.25, 0.3) is 15.9 Å². The molecule has 0 aromatic heterocycles. The van der Waals surface area contributed by atoms with Crippen molar-refractivity contribution in [3.05, 3.63) is 77.1 Å². The summed E-state index contributed by atoms with van der Waals surface area (Å²) in [6, 6.07) is 15.5. The molecule has 1 fully saturated rings. The standard InChI is InChI=1S/C19H19NO4S/c1-13-8-10-16(11-9-13)25(23,24)20-12-17(15-6-4-3-5-7-15)18(14(2)21)19(20)22/h3-11,17,21H,12H2,1-2H3/b18-14-/t17-/m1/s1. The second-order valence-corrected chi connectivity index (χ2v) is 7.98. The van der Waals surface area contributed by atoms with E-state index < -0.39 is 21.8 Å². The van der Waals surface area contributed by atoms with E-state index in [1.807, 2.05) is 37.3 Å². The number of carbonyl (C=O) groups excluding carboxylic acids is 1. The van der Waals surface area contributed by atoms with Crippen LogP contribution in [0.4, 0.5) is 0 Å². The van der Waals surface area contributed by atoms with Crippen molar-refractivity contribution in [2.45, 2.75) is 24.7 Å². The Morgan fingerprint density at radius 3 is 2.24 bits per heavy atom. The lowest BCUT2D eigenvalue weighted by atomic mass is 9.93. The Hall–Kier alpha value is -2.60. The van der Waals surface area contributed by atoms with Gasteiger partial charge in [-0.1, -0.05) is 48.0 Å². The quantitative estimate of drug-likeness (QED) is 0.676. The Morgan fingerprint density at radius 2 is 1.68 bits per heavy atom. The number of sulfonamides is 1. The number of aliphatic hydroxyl groups excluding tert-OH is 1. The highest BCUT2D eigenvalue weighted by Gasteiger charge is 2.44. The Morgan fingerprint density at radius 1 is 1.08 bits per heavy atom. The third kappa shape index (κ3) is 3.05. The minimum absolute atomic E-state index is 0.0215. The first kappa shape index (κ1) is 17.2. The highest BCUT2D eigenvalue weighted by atomic mass is 32.2. The fraction of sp³-hybridized carbons (Fsp3) is 0.211. The minimum atomic E-state index is -3.97. The van der Waals surface area contributed by atoms with Crippen molar-refractivity contribution in [3.63, 3.8) is 0 Å². The van der Waals surface area contributed by atoms with Gasteiger partial charge < -0.3 is 5.11 Å². The molecule has 0 saturated carbocycles. The molecule has 0 bridgehead atoms. The lowest BCUT2D eigenvalue weighted by molar-refractivity contribution is -0.120. The summed E-state index contributed by atoms with van der Waals surface area (Å²) in [5.74, 6) is -1.31. The van der Waals surface area contributed by atoms with Crippen LogP contribution in [-0.2, 0) is 14.8 Å². The number of aryl methyl sites for hydroxylation is 1. The van der Waals surface area contributed by atoms with E-state index in [2.05, 4.69) is 0 Å². The first-order valence-corrected chi connectivity index (χ1v) is 9.35. The molecule has 130 valence electrons. The van der Waals surface area contributed by atoms with Crippen LogP contribution in [0, 0.1) is 6.92 Å². The molecule has 1 saturated heterocycles. The fourth-order valence-corrected chi connectivity index (χ4v) is 4.43. The van der Waals surface area contributed by atoms with Gasteiger partial charge in [0.15, 0.2) is 0 Å². The van der Waals surface area contributed by atoms with Crippen LogP contribution in [0.5, 0.6) is 0 Å². The maximum absolute atomic E-state index is 12.9. The lowest BCUT2D eigenvalue weighted by Crippen LogP contribution is -2.32. The maximum atomic E-state index is 12.9. The number of rotatable bonds is 3. The summed E-state index contributed by atoms with van der Waals surface area (Å²) < 4.78 is 26.7. The average Bonchev–Trinajstić information content (AvgIpc) is 2.94. The van der Waals surface area contributed by atoms with Gasteiger partial charge in [-0.05, 0) is 31.5 Å². The van der Waals surface area contributed by atoms with Crippen molar-refractivity contribution in [1.82, 2.24) is 4.31 Å². The van der Waals surface area contributed by atoms with E-state index in [1.165, 1.54) is 19.1 Å². The van der Waals surface area contributed by atoms with Gasteiger partial charge in [-0.2, -0.15) is 0 Å². The highest BCUT2D eigenvalue weighted by molar-refractivity contribution is 7.89. The molecule has 0 radical (unpaired) electrons. The molecular weight excluding hydrogens is 338 g/mol. The van der Waals surface area contributed by atoms with Crippen molar-refractivity contribution in [2.24, 2.45) is 0 Å². The number of carbonyl (C=O) groups is 1. The van der Waals surface area contributed by atoms with E-state index >= 15 is 0 Å². The van der Waals surface area contributed by atoms with Crippen molar-refractivity contribution in [3.8, 4) is 0 Å². The van der Waals surface area contributed by atoms with Crippen LogP contribution >= 0.6 is 0 Å². The number of benzene rings is 2. The summed E-state index contributed by atoms with van der Waals surface area (Å²) in [7, 11) is -3.97. The van der Waals surface area contributed by atoms with E-state index in [9.17, 15) is 18.3 Å². The molecule has 3 rings (SSSR count). The van der Waals surface area contributed by atoms with Crippen LogP contribution in [0.25, 0.3) is 0 Å². The van der Waals surface area contributed by atoms with Gasteiger partial charge in [0.1, 0.15) is 0 Å². The summed E-state index contributed by atoms with van der Waals surface area (Å²) >= 11 is 0. The topological polar surface area (TPSA) is 74.7 Å². The second kappa shape index (κ2) is 6.37. The first-order valence-electron chi connectivity index (χ1n) is 7.91. The number of aliphatic hydroxyl groups is 1. The van der Waals surface area contributed by atoms with Gasteiger partial charge in [-0.3, -0.25) is 4.79 Å². The third-order valence-corrected chi connectivity index (χ3v) is 6.12. The van der Waals surface area contributed by atoms with Crippen molar-refractivity contribution < 1.29 is 18.3 Å². The van der Waals surface area contributed by atoms with E-state index in [-0.39, 0.29) is 22.8 Å². The van der Waals surface area contributed by atoms with Crippen LogP contribution in [-0.4, -0.2) is 30.3 Å². The third-order valence-electron chi connectivity index (χ3n) is 4.35. The van der Waals surface area contributed by atoms with Crippen LogP contribution in [0.3, 0.4) is 0 Å². The largest absolute Gasteiger partial charge is 0.512 e. The summed E-state index contributed by atoms with van der Waals surface area (Å²) in [4.78, 5) is 12.8. The molecule has 1 aliphatic rings. The zero-order chi connectivity index (χ0) is 18.2. The summed E-state index contributed by atoms with van der Waals surface area (Å²) in [5.41, 5.74) is 1.85. The van der Waals surface area contributed by atoms with Crippen molar-refractivity contribution >= 4 is 15.9 Å². The smallest absolute Gasteiger partial charge is 0.267 e. The summed E-state index contributed by atoms with van der Waals surface area (Å²) in [5, 5.41) is 9.98. The number of nitrogens with zero attached hydrogens (tertiary/aromatic N) is 1. The van der Waals surface area contributed by atoms with Gasteiger partial charge in [0.2, 0.25) is 0 Å². The predicted molar refractivity (Wildman–Crippen MR) is 94.6 cm³/mol. The molecule has 0 unspecified atom stereocenters. The van der Waals surface area contributed by atoms with E-state index in [1.54, 1.807) is 12.1 Å². The zero-order valence-electron chi connectivity index (χ0n) is 14.0. The molecule has 0 aliphatic carbocycles. The van der Waals surface area contributed by atoms with Gasteiger partial charge >= 0.3 is 0 Å². The Kier molecular flexibility index (Phi) is 4.39. The summed E-state index contributed by atoms with van der Waals surface area (Å²) in [6.45, 7) is 3.25. The normalized spacial score (nSPS) is 20.0. The summed E-state index contributed by atoms with van der Waals surface area (Å²) in [6.07, 6.45) is 0. The Labute approximate surface area is 147 Å². The van der Waals surface area contributed by atoms with Crippen LogP contribution < -0.4 is 0 Å². The lowest BCUT2D eigenvalue weighted by Gasteiger charge is -2.16.